The predicted molar refractivity (Wildman–Crippen MR) is 165 cm³/mol. The van der Waals surface area contributed by atoms with Gasteiger partial charge in [0.2, 0.25) is 6.29 Å². The molecule has 1 aliphatic carbocycles. The number of aliphatic hydroxyl groups excluding tert-OH is 7. The van der Waals surface area contributed by atoms with Gasteiger partial charge in [0, 0.05) is 17.4 Å². The Morgan fingerprint density at radius 3 is 2.24 bits per heavy atom. The second kappa shape index (κ2) is 15.1. The van der Waals surface area contributed by atoms with E-state index in [1.807, 2.05) is 6.07 Å². The van der Waals surface area contributed by atoms with Crippen LogP contribution in [0.25, 0.3) is 0 Å². The molecule has 0 bridgehead atoms. The lowest BCUT2D eigenvalue weighted by Crippen LogP contribution is -2.65. The first-order chi connectivity index (χ1) is 22.0. The molecular formula is C34H52O12. The standard InChI is InChI=1S/C34H52O12/c1-5-6-7-8-18-12-21-25(20-11-17(4)9-10-19(20)31(42-21)16(2)3)22(13-18)43-33-30(41)28(39)32(24(15-36)45-33)46-34-29(40)27(38)26(37)23(14-35)44-34/h11-13,16,19-20,23-24,26-41H,5-10,14-15H2,1-4H3/t19-,20-,23-,24-,26-,27+,28-,29-,30-,31?,32-,33-,34+/m1/s1. The van der Waals surface area contributed by atoms with E-state index in [0.29, 0.717) is 11.7 Å². The van der Waals surface area contributed by atoms with Crippen LogP contribution in [0, 0.1) is 11.8 Å². The fourth-order valence-corrected chi connectivity index (χ4v) is 7.30. The van der Waals surface area contributed by atoms with Gasteiger partial charge in [-0.1, -0.05) is 45.3 Å². The smallest absolute Gasteiger partial charge is 0.229 e. The van der Waals surface area contributed by atoms with Crippen molar-refractivity contribution in [3.05, 3.63) is 34.9 Å². The minimum Gasteiger partial charge on any atom is -0.489 e. The summed E-state index contributed by atoms with van der Waals surface area (Å²) in [7, 11) is 0. The maximum atomic E-state index is 11.3. The van der Waals surface area contributed by atoms with Crippen LogP contribution in [0.3, 0.4) is 0 Å². The monoisotopic (exact) mass is 652 g/mol. The van der Waals surface area contributed by atoms with Gasteiger partial charge in [-0.15, -0.1) is 0 Å². The van der Waals surface area contributed by atoms with Crippen LogP contribution >= 0.6 is 0 Å². The average Bonchev–Trinajstić information content (AvgIpc) is 3.03. The van der Waals surface area contributed by atoms with Gasteiger partial charge in [0.05, 0.1) is 13.2 Å². The summed E-state index contributed by atoms with van der Waals surface area (Å²) >= 11 is 0. The van der Waals surface area contributed by atoms with E-state index in [4.69, 9.17) is 23.7 Å². The second-order valence-electron chi connectivity index (χ2n) is 13.7. The third kappa shape index (κ3) is 7.12. The Labute approximate surface area is 270 Å². The van der Waals surface area contributed by atoms with Crippen LogP contribution < -0.4 is 9.47 Å². The average molecular weight is 653 g/mol. The number of unbranched alkanes of at least 4 members (excludes halogenated alkanes) is 2. The van der Waals surface area contributed by atoms with E-state index < -0.39 is 74.6 Å². The van der Waals surface area contributed by atoms with Crippen molar-refractivity contribution < 1.29 is 59.4 Å². The van der Waals surface area contributed by atoms with Gasteiger partial charge in [0.1, 0.15) is 66.4 Å². The summed E-state index contributed by atoms with van der Waals surface area (Å²) in [4.78, 5) is 0. The van der Waals surface area contributed by atoms with E-state index >= 15 is 0 Å². The molecule has 1 unspecified atom stereocenters. The molecule has 7 N–H and O–H groups in total. The van der Waals surface area contributed by atoms with E-state index in [2.05, 4.69) is 39.8 Å². The van der Waals surface area contributed by atoms with Gasteiger partial charge in [0.25, 0.3) is 0 Å². The summed E-state index contributed by atoms with van der Waals surface area (Å²) in [6, 6.07) is 4.05. The maximum absolute atomic E-state index is 11.3. The second-order valence-corrected chi connectivity index (χ2v) is 13.7. The minimum absolute atomic E-state index is 0.0196. The molecule has 260 valence electrons. The highest BCUT2D eigenvalue weighted by Crippen LogP contribution is 2.52. The highest BCUT2D eigenvalue weighted by molar-refractivity contribution is 5.54. The third-order valence-electron chi connectivity index (χ3n) is 9.91. The van der Waals surface area contributed by atoms with Crippen molar-refractivity contribution in [2.75, 3.05) is 13.2 Å². The van der Waals surface area contributed by atoms with Crippen LogP contribution in [0.4, 0.5) is 0 Å². The molecule has 0 spiro atoms. The van der Waals surface area contributed by atoms with Crippen molar-refractivity contribution >= 4 is 0 Å². The Morgan fingerprint density at radius 2 is 1.57 bits per heavy atom. The van der Waals surface area contributed by atoms with Crippen molar-refractivity contribution in [2.24, 2.45) is 11.8 Å². The maximum Gasteiger partial charge on any atom is 0.229 e. The van der Waals surface area contributed by atoms with Gasteiger partial charge >= 0.3 is 0 Å². The van der Waals surface area contributed by atoms with Crippen LogP contribution in [0.15, 0.2) is 23.8 Å². The van der Waals surface area contributed by atoms with Crippen LogP contribution in [-0.2, 0) is 20.6 Å². The molecule has 3 aliphatic heterocycles. The van der Waals surface area contributed by atoms with E-state index in [-0.39, 0.29) is 17.9 Å². The fraction of sp³-hybridized carbons (Fsp3) is 0.765. The van der Waals surface area contributed by atoms with Gasteiger partial charge < -0.3 is 59.4 Å². The Morgan fingerprint density at radius 1 is 0.870 bits per heavy atom. The van der Waals surface area contributed by atoms with Gasteiger partial charge in [-0.2, -0.15) is 0 Å². The number of fused-ring (bicyclic) bond motifs is 3. The molecular weight excluding hydrogens is 600 g/mol. The molecule has 46 heavy (non-hydrogen) atoms. The van der Waals surface area contributed by atoms with E-state index in [9.17, 15) is 35.7 Å². The number of rotatable bonds is 11. The van der Waals surface area contributed by atoms with Crippen LogP contribution in [0.1, 0.15) is 76.8 Å². The predicted octanol–water partition coefficient (Wildman–Crippen LogP) is 1.28. The van der Waals surface area contributed by atoms with E-state index in [0.717, 1.165) is 55.4 Å². The SMILES string of the molecule is CCCCCc1cc2c(c(O[C@@H]3O[C@H](CO)[C@@H](O[C@@H]4O[C@H](CO)[C@@H](O)[C@H](O)[C@H]4O)[C@H](O)[C@H]3O)c1)[C@@H]1C=C(C)CC[C@H]1C(C(C)C)O2. The number of benzene rings is 1. The van der Waals surface area contributed by atoms with Crippen molar-refractivity contribution in [3.8, 4) is 11.5 Å². The number of hydrogen-bond donors (Lipinski definition) is 7. The Kier molecular flexibility index (Phi) is 11.7. The van der Waals surface area contributed by atoms with Crippen LogP contribution in [-0.4, -0.2) is 116 Å². The molecule has 4 aliphatic rings. The molecule has 0 saturated carbocycles. The summed E-state index contributed by atoms with van der Waals surface area (Å²) in [5.41, 5.74) is 3.17. The molecule has 0 amide bonds. The zero-order valence-electron chi connectivity index (χ0n) is 27.1. The minimum atomic E-state index is -1.74. The molecule has 0 radical (unpaired) electrons. The largest absolute Gasteiger partial charge is 0.489 e. The quantitative estimate of drug-likeness (QED) is 0.134. The van der Waals surface area contributed by atoms with Gasteiger partial charge in [-0.05, 0) is 56.2 Å². The van der Waals surface area contributed by atoms with E-state index in [1.54, 1.807) is 0 Å². The van der Waals surface area contributed by atoms with Crippen LogP contribution in [0.5, 0.6) is 11.5 Å². The molecule has 1 aromatic carbocycles. The number of aliphatic hydroxyl groups is 7. The Balaban J connectivity index is 1.43. The van der Waals surface area contributed by atoms with Crippen molar-refractivity contribution in [3.63, 3.8) is 0 Å². The topological polar surface area (TPSA) is 188 Å². The molecule has 5 rings (SSSR count). The summed E-state index contributed by atoms with van der Waals surface area (Å²) in [5.74, 6) is 1.77. The number of hydrogen-bond acceptors (Lipinski definition) is 12. The molecule has 0 aromatic heterocycles. The number of ether oxygens (including phenoxy) is 5. The highest BCUT2D eigenvalue weighted by Gasteiger charge is 2.51. The van der Waals surface area contributed by atoms with Gasteiger partial charge in [-0.25, -0.2) is 0 Å². The zero-order chi connectivity index (χ0) is 33.3. The summed E-state index contributed by atoms with van der Waals surface area (Å²) in [5, 5.41) is 73.0. The first kappa shape index (κ1) is 35.5. The third-order valence-corrected chi connectivity index (χ3v) is 9.91. The lowest BCUT2D eigenvalue weighted by molar-refractivity contribution is -0.352. The van der Waals surface area contributed by atoms with Crippen molar-refractivity contribution in [1.29, 1.82) is 0 Å². The molecule has 13 atom stereocenters. The van der Waals surface area contributed by atoms with Crippen molar-refractivity contribution in [1.82, 2.24) is 0 Å². The first-order valence-corrected chi connectivity index (χ1v) is 16.7. The summed E-state index contributed by atoms with van der Waals surface area (Å²) in [6.45, 7) is 7.30. The Bertz CT molecular complexity index is 1190. The van der Waals surface area contributed by atoms with Crippen LogP contribution in [0.2, 0.25) is 0 Å². The summed E-state index contributed by atoms with van der Waals surface area (Å²) in [6.07, 6.45) is -7.07. The van der Waals surface area contributed by atoms with Crippen molar-refractivity contribution in [2.45, 2.75) is 140 Å². The molecule has 3 heterocycles. The van der Waals surface area contributed by atoms with Gasteiger partial charge in [0.15, 0.2) is 6.29 Å². The highest BCUT2D eigenvalue weighted by atomic mass is 16.7. The lowest BCUT2D eigenvalue weighted by atomic mass is 9.70. The molecule has 2 saturated heterocycles. The van der Waals surface area contributed by atoms with Gasteiger partial charge in [-0.3, -0.25) is 0 Å². The molecule has 12 nitrogen and oxygen atoms in total. The zero-order valence-corrected chi connectivity index (χ0v) is 27.1. The molecule has 12 heteroatoms. The Hall–Kier alpha value is -1.84. The molecule has 1 aromatic rings. The first-order valence-electron chi connectivity index (χ1n) is 16.7. The van der Waals surface area contributed by atoms with E-state index in [1.165, 1.54) is 5.57 Å². The molecule has 2 fully saturated rings. The fourth-order valence-electron chi connectivity index (χ4n) is 7.30. The normalized spacial score (nSPS) is 39.3. The summed E-state index contributed by atoms with van der Waals surface area (Å²) < 4.78 is 30.3. The number of aryl methyl sites for hydroxylation is 1. The lowest BCUT2D eigenvalue weighted by Gasteiger charge is -2.46. The number of allylic oxidation sites excluding steroid dienone is 2.